The van der Waals surface area contributed by atoms with Crippen LogP contribution in [0, 0.1) is 17.1 Å². The molecule has 0 saturated carbocycles. The van der Waals surface area contributed by atoms with Gasteiger partial charge in [-0.05, 0) is 0 Å². The zero-order valence-electron chi connectivity index (χ0n) is 6.77. The lowest BCUT2D eigenvalue weighted by molar-refractivity contribution is 0.146. The first kappa shape index (κ1) is 10.8. The maximum absolute atomic E-state index is 13.2. The van der Waals surface area contributed by atoms with Crippen LogP contribution in [0.5, 0.6) is 0 Å². The molecular weight excluding hydrogens is 217 g/mol. The van der Waals surface area contributed by atoms with E-state index in [0.717, 1.165) is 6.20 Å². The average molecular weight is 221 g/mol. The van der Waals surface area contributed by atoms with Crippen LogP contribution in [0.25, 0.3) is 0 Å². The Hall–Kier alpha value is -1.28. The van der Waals surface area contributed by atoms with Crippen molar-refractivity contribution < 1.29 is 13.2 Å². The van der Waals surface area contributed by atoms with Gasteiger partial charge in [0.05, 0.1) is 28.8 Å². The van der Waals surface area contributed by atoms with Crippen LogP contribution < -0.4 is 0 Å². The summed E-state index contributed by atoms with van der Waals surface area (Å²) in [5.41, 5.74) is -1.21. The van der Waals surface area contributed by atoms with Crippen LogP contribution in [0.2, 0.25) is 5.02 Å². The number of nitrogens with zero attached hydrogens (tertiary/aromatic N) is 2. The van der Waals surface area contributed by atoms with E-state index < -0.39 is 22.8 Å². The zero-order valence-corrected chi connectivity index (χ0v) is 7.52. The summed E-state index contributed by atoms with van der Waals surface area (Å²) >= 11 is 5.33. The van der Waals surface area contributed by atoms with Gasteiger partial charge in [0, 0.05) is 6.20 Å². The Labute approximate surface area is 82.9 Å². The molecule has 0 aliphatic heterocycles. The van der Waals surface area contributed by atoms with Gasteiger partial charge in [-0.1, -0.05) is 11.6 Å². The molecule has 0 N–H and O–H groups in total. The van der Waals surface area contributed by atoms with Crippen molar-refractivity contribution in [3.05, 3.63) is 28.3 Å². The maximum Gasteiger partial charge on any atom is 0.268 e. The van der Waals surface area contributed by atoms with E-state index in [4.69, 9.17) is 16.9 Å². The molecule has 6 heteroatoms. The smallest absolute Gasteiger partial charge is 0.256 e. The number of nitriles is 1. The Bertz CT molecular complexity index is 387. The van der Waals surface area contributed by atoms with Gasteiger partial charge >= 0.3 is 0 Å². The van der Waals surface area contributed by atoms with Gasteiger partial charge in [-0.3, -0.25) is 4.98 Å². The first-order valence-corrected chi connectivity index (χ1v) is 3.93. The molecular formula is C8H4ClF3N2. The predicted molar refractivity (Wildman–Crippen MR) is 43.5 cm³/mol. The molecule has 1 aromatic heterocycles. The van der Waals surface area contributed by atoms with E-state index >= 15 is 0 Å². The molecule has 2 nitrogen and oxygen atoms in total. The Morgan fingerprint density at radius 2 is 2.21 bits per heavy atom. The number of alkyl halides is 2. The molecule has 1 aromatic rings. The third-order valence-corrected chi connectivity index (χ3v) is 1.85. The highest BCUT2D eigenvalue weighted by molar-refractivity contribution is 6.31. The number of rotatable bonds is 2. The number of hydrogen-bond acceptors (Lipinski definition) is 2. The Morgan fingerprint density at radius 3 is 2.71 bits per heavy atom. The lowest BCUT2D eigenvalue weighted by atomic mass is 10.2. The first-order valence-electron chi connectivity index (χ1n) is 3.55. The van der Waals surface area contributed by atoms with Crippen molar-refractivity contribution in [3.8, 4) is 6.07 Å². The normalized spacial score (nSPS) is 10.3. The lowest BCUT2D eigenvalue weighted by Gasteiger charge is -2.06. The largest absolute Gasteiger partial charge is 0.268 e. The van der Waals surface area contributed by atoms with Crippen LogP contribution in [-0.2, 0) is 6.42 Å². The zero-order chi connectivity index (χ0) is 10.7. The van der Waals surface area contributed by atoms with E-state index in [-0.39, 0.29) is 12.1 Å². The van der Waals surface area contributed by atoms with Crippen molar-refractivity contribution in [3.63, 3.8) is 0 Å². The SMILES string of the molecule is N#CCc1ncc(Cl)c(C(F)F)c1F. The van der Waals surface area contributed by atoms with Gasteiger partial charge < -0.3 is 0 Å². The Morgan fingerprint density at radius 1 is 1.57 bits per heavy atom. The van der Waals surface area contributed by atoms with E-state index in [1.54, 1.807) is 6.07 Å². The second-order valence-electron chi connectivity index (χ2n) is 2.42. The lowest BCUT2D eigenvalue weighted by Crippen LogP contribution is -2.01. The molecule has 14 heavy (non-hydrogen) atoms. The molecule has 0 aliphatic rings. The molecule has 1 rings (SSSR count). The number of halogens is 4. The number of pyridine rings is 1. The fourth-order valence-corrected chi connectivity index (χ4v) is 1.13. The Balaban J connectivity index is 3.28. The van der Waals surface area contributed by atoms with Gasteiger partial charge in [0.15, 0.2) is 5.82 Å². The van der Waals surface area contributed by atoms with E-state index in [1.807, 2.05) is 0 Å². The standard InChI is InChI=1S/C8H4ClF3N2/c9-4-3-14-5(1-2-13)7(10)6(4)8(11)12/h3,8H,1H2. The molecule has 0 saturated heterocycles. The van der Waals surface area contributed by atoms with Crippen molar-refractivity contribution in [2.75, 3.05) is 0 Å². The quantitative estimate of drug-likeness (QED) is 0.768. The van der Waals surface area contributed by atoms with Crippen molar-refractivity contribution >= 4 is 11.6 Å². The van der Waals surface area contributed by atoms with Crippen molar-refractivity contribution in [1.29, 1.82) is 5.26 Å². The second-order valence-corrected chi connectivity index (χ2v) is 2.82. The van der Waals surface area contributed by atoms with E-state index in [0.29, 0.717) is 0 Å². The monoisotopic (exact) mass is 220 g/mol. The molecule has 0 bridgehead atoms. The van der Waals surface area contributed by atoms with Gasteiger partial charge in [0.25, 0.3) is 6.43 Å². The minimum atomic E-state index is -3.01. The van der Waals surface area contributed by atoms with E-state index in [9.17, 15) is 13.2 Å². The molecule has 74 valence electrons. The van der Waals surface area contributed by atoms with E-state index in [1.165, 1.54) is 0 Å². The molecule has 0 radical (unpaired) electrons. The minimum absolute atomic E-state index is 0.313. The molecule has 1 heterocycles. The number of aromatic nitrogens is 1. The fourth-order valence-electron chi connectivity index (χ4n) is 0.919. The molecule has 0 atom stereocenters. The molecule has 0 unspecified atom stereocenters. The highest BCUT2D eigenvalue weighted by Crippen LogP contribution is 2.30. The topological polar surface area (TPSA) is 36.7 Å². The highest BCUT2D eigenvalue weighted by Gasteiger charge is 2.21. The van der Waals surface area contributed by atoms with Crippen molar-refractivity contribution in [2.45, 2.75) is 12.8 Å². The summed E-state index contributed by atoms with van der Waals surface area (Å²) in [7, 11) is 0. The summed E-state index contributed by atoms with van der Waals surface area (Å²) in [6.07, 6.45) is -2.45. The van der Waals surface area contributed by atoms with Gasteiger partial charge in [-0.2, -0.15) is 5.26 Å². The van der Waals surface area contributed by atoms with Crippen LogP contribution >= 0.6 is 11.6 Å². The first-order chi connectivity index (χ1) is 6.57. The average Bonchev–Trinajstić information content (AvgIpc) is 2.10. The third kappa shape index (κ3) is 1.96. The van der Waals surface area contributed by atoms with Gasteiger partial charge in [0.1, 0.15) is 0 Å². The van der Waals surface area contributed by atoms with E-state index in [2.05, 4.69) is 4.98 Å². The summed E-state index contributed by atoms with van der Waals surface area (Å²) in [5.74, 6) is -1.20. The van der Waals surface area contributed by atoms with Crippen LogP contribution in [0.15, 0.2) is 6.20 Å². The van der Waals surface area contributed by atoms with Gasteiger partial charge in [0.2, 0.25) is 0 Å². The molecule has 0 spiro atoms. The van der Waals surface area contributed by atoms with Gasteiger partial charge in [-0.25, -0.2) is 13.2 Å². The summed E-state index contributed by atoms with van der Waals surface area (Å²) < 4.78 is 37.7. The molecule has 0 aliphatic carbocycles. The third-order valence-electron chi connectivity index (χ3n) is 1.55. The predicted octanol–water partition coefficient (Wildman–Crippen LogP) is 2.88. The van der Waals surface area contributed by atoms with Crippen LogP contribution in [-0.4, -0.2) is 4.98 Å². The minimum Gasteiger partial charge on any atom is -0.256 e. The summed E-state index contributed by atoms with van der Waals surface area (Å²) in [5, 5.41) is 7.83. The van der Waals surface area contributed by atoms with Crippen molar-refractivity contribution in [1.82, 2.24) is 4.98 Å². The number of hydrogen-bond donors (Lipinski definition) is 0. The second kappa shape index (κ2) is 4.29. The van der Waals surface area contributed by atoms with Crippen molar-refractivity contribution in [2.24, 2.45) is 0 Å². The molecule has 0 fully saturated rings. The summed E-state index contributed by atoms with van der Waals surface area (Å²) in [6, 6.07) is 1.62. The van der Waals surface area contributed by atoms with Crippen LogP contribution in [0.1, 0.15) is 17.7 Å². The molecule has 0 aromatic carbocycles. The maximum atomic E-state index is 13.2. The molecule has 0 amide bonds. The highest BCUT2D eigenvalue weighted by atomic mass is 35.5. The Kier molecular flexibility index (Phi) is 3.31. The van der Waals surface area contributed by atoms with Crippen LogP contribution in [0.4, 0.5) is 13.2 Å². The summed E-state index contributed by atoms with van der Waals surface area (Å²) in [6.45, 7) is 0. The summed E-state index contributed by atoms with van der Waals surface area (Å²) in [4.78, 5) is 3.45. The van der Waals surface area contributed by atoms with Crippen LogP contribution in [0.3, 0.4) is 0 Å². The van der Waals surface area contributed by atoms with Gasteiger partial charge in [-0.15, -0.1) is 0 Å². The fraction of sp³-hybridized carbons (Fsp3) is 0.250.